The molecule has 0 aliphatic carbocycles. The number of pyridine rings is 1. The summed E-state index contributed by atoms with van der Waals surface area (Å²) in [5.74, 6) is 0.586. The summed E-state index contributed by atoms with van der Waals surface area (Å²) in [4.78, 5) is 15.5. The Labute approximate surface area is 306 Å². The average molecular weight is 782 g/mol. The number of aromatic nitrogens is 1. The number of hydrogen-bond donors (Lipinski definition) is 0. The third-order valence-electron chi connectivity index (χ3n) is 8.33. The number of unbranched alkanes of at least 4 members (excludes halogenated alkanes) is 13. The summed E-state index contributed by atoms with van der Waals surface area (Å²) in [5.41, 5.74) is 2.50. The van der Waals surface area contributed by atoms with E-state index in [0.717, 1.165) is 30.5 Å². The van der Waals surface area contributed by atoms with Gasteiger partial charge < -0.3 is 33.6 Å². The molecule has 0 radical (unpaired) electrons. The molecular weight excluding hydrogens is 726 g/mol. The van der Waals surface area contributed by atoms with E-state index in [1.165, 1.54) is 83.5 Å². The predicted molar refractivity (Wildman–Crippen MR) is 189 cm³/mol. The third kappa shape index (κ3) is 15.4. The Morgan fingerprint density at radius 1 is 0.674 bits per heavy atom. The Kier molecular flexibility index (Phi) is 21.3. The molecule has 0 fully saturated rings. The molecule has 2 aromatic carbocycles. The molecule has 0 N–H and O–H groups in total. The minimum Gasteiger partial charge on any atom is -1.00 e. The highest BCUT2D eigenvalue weighted by Crippen LogP contribution is 2.28. The highest BCUT2D eigenvalue weighted by Gasteiger charge is 2.20. The van der Waals surface area contributed by atoms with Crippen LogP contribution in [0, 0.1) is 0 Å². The van der Waals surface area contributed by atoms with Crippen molar-refractivity contribution in [1.82, 2.24) is 4.90 Å². The lowest BCUT2D eigenvalue weighted by Gasteiger charge is -2.24. The Balaban J connectivity index is 0.00000736. The number of aryl methyl sites for hydroxylation is 1. The minimum absolute atomic E-state index is 0. The molecule has 0 bridgehead atoms. The van der Waals surface area contributed by atoms with E-state index in [0.29, 0.717) is 41.1 Å². The van der Waals surface area contributed by atoms with Gasteiger partial charge in [-0.2, -0.15) is 0 Å². The zero-order valence-electron chi connectivity index (χ0n) is 28.1. The maximum Gasteiger partial charge on any atom is 0.255 e. The average Bonchev–Trinajstić information content (AvgIpc) is 3.04. The Morgan fingerprint density at radius 3 is 1.80 bits per heavy atom. The Morgan fingerprint density at radius 2 is 1.24 bits per heavy atom. The molecule has 3 aromatic rings. The zero-order valence-corrected chi connectivity index (χ0v) is 31.8. The number of rotatable bonds is 23. The summed E-state index contributed by atoms with van der Waals surface area (Å²) in [6, 6.07) is 17.2. The molecule has 0 spiro atoms. The molecule has 0 aliphatic heterocycles. The van der Waals surface area contributed by atoms with Crippen molar-refractivity contribution >= 4 is 29.1 Å². The van der Waals surface area contributed by atoms with Crippen molar-refractivity contribution in [3.63, 3.8) is 0 Å². The molecule has 0 atom stereocenters. The number of ether oxygens (including phenoxy) is 1. The van der Waals surface area contributed by atoms with Crippen LogP contribution >= 0.6 is 23.2 Å². The van der Waals surface area contributed by atoms with Gasteiger partial charge in [-0.15, -0.1) is 0 Å². The second-order valence-electron chi connectivity index (χ2n) is 12.3. The number of benzene rings is 2. The van der Waals surface area contributed by atoms with E-state index in [9.17, 15) is 4.79 Å². The van der Waals surface area contributed by atoms with E-state index < -0.39 is 0 Å². The number of amides is 1. The highest BCUT2D eigenvalue weighted by atomic mass is 127. The van der Waals surface area contributed by atoms with Crippen LogP contribution in [0.25, 0.3) is 0 Å². The van der Waals surface area contributed by atoms with E-state index in [2.05, 4.69) is 42.9 Å². The Bertz CT molecular complexity index is 1250. The first-order valence-electron chi connectivity index (χ1n) is 17.4. The van der Waals surface area contributed by atoms with Crippen LogP contribution in [0.3, 0.4) is 0 Å². The SMILES string of the molecule is CCCCCCCCCCCCCCCCOc1ccc(CN(Cc2cc[n+](CCC)cc2)C(=O)c2ccccc2Cl)cc1Cl.[I-]. The summed E-state index contributed by atoms with van der Waals surface area (Å²) >= 11 is 13.1. The third-order valence-corrected chi connectivity index (χ3v) is 8.96. The van der Waals surface area contributed by atoms with Crippen molar-refractivity contribution in [2.45, 2.75) is 130 Å². The molecule has 1 amide bonds. The molecular formula is C39H55Cl2IN2O2. The van der Waals surface area contributed by atoms with Crippen LogP contribution in [-0.2, 0) is 19.6 Å². The summed E-state index contributed by atoms with van der Waals surface area (Å²) in [7, 11) is 0. The van der Waals surface area contributed by atoms with Gasteiger partial charge in [-0.05, 0) is 41.8 Å². The van der Waals surface area contributed by atoms with Gasteiger partial charge in [-0.1, -0.05) is 139 Å². The van der Waals surface area contributed by atoms with Gasteiger partial charge in [0.15, 0.2) is 12.4 Å². The van der Waals surface area contributed by atoms with Crippen LogP contribution in [0.1, 0.15) is 132 Å². The fraction of sp³-hybridized carbons (Fsp3) is 0.538. The lowest BCUT2D eigenvalue weighted by Crippen LogP contribution is -3.00. The van der Waals surface area contributed by atoms with Gasteiger partial charge in [0.2, 0.25) is 0 Å². The van der Waals surface area contributed by atoms with E-state index in [1.807, 2.05) is 35.2 Å². The lowest BCUT2D eigenvalue weighted by molar-refractivity contribution is -0.697. The highest BCUT2D eigenvalue weighted by molar-refractivity contribution is 6.33. The zero-order chi connectivity index (χ0) is 32.1. The summed E-state index contributed by atoms with van der Waals surface area (Å²) in [6.07, 6.45) is 23.9. The molecule has 1 heterocycles. The topological polar surface area (TPSA) is 33.4 Å². The second-order valence-corrected chi connectivity index (χ2v) is 13.1. The normalized spacial score (nSPS) is 10.9. The van der Waals surface area contributed by atoms with Gasteiger partial charge in [0.05, 0.1) is 22.2 Å². The van der Waals surface area contributed by atoms with Crippen molar-refractivity contribution < 1.29 is 38.1 Å². The van der Waals surface area contributed by atoms with Crippen LogP contribution in [0.4, 0.5) is 0 Å². The number of halogens is 3. The van der Waals surface area contributed by atoms with Gasteiger partial charge in [-0.3, -0.25) is 4.79 Å². The van der Waals surface area contributed by atoms with E-state index >= 15 is 0 Å². The summed E-state index contributed by atoms with van der Waals surface area (Å²) < 4.78 is 8.18. The van der Waals surface area contributed by atoms with Crippen molar-refractivity contribution in [1.29, 1.82) is 0 Å². The first-order valence-corrected chi connectivity index (χ1v) is 18.2. The van der Waals surface area contributed by atoms with Crippen LogP contribution in [0.5, 0.6) is 5.75 Å². The fourth-order valence-corrected chi connectivity index (χ4v) is 6.16. The number of nitrogens with zero attached hydrogens (tertiary/aromatic N) is 2. The smallest absolute Gasteiger partial charge is 0.255 e. The number of hydrogen-bond acceptors (Lipinski definition) is 2. The predicted octanol–water partition coefficient (Wildman–Crippen LogP) is 8.40. The quantitative estimate of drug-likeness (QED) is 0.0551. The molecule has 0 saturated carbocycles. The second kappa shape index (κ2) is 24.3. The molecule has 46 heavy (non-hydrogen) atoms. The summed E-state index contributed by atoms with van der Waals surface area (Å²) in [6.45, 7) is 6.95. The van der Waals surface area contributed by atoms with E-state index in [4.69, 9.17) is 27.9 Å². The van der Waals surface area contributed by atoms with Gasteiger partial charge in [0.1, 0.15) is 12.3 Å². The van der Waals surface area contributed by atoms with Gasteiger partial charge in [0.25, 0.3) is 5.91 Å². The Hall–Kier alpha value is -1.83. The maximum absolute atomic E-state index is 13.6. The van der Waals surface area contributed by atoms with Crippen molar-refractivity contribution in [3.8, 4) is 5.75 Å². The molecule has 0 aliphatic rings. The van der Waals surface area contributed by atoms with Gasteiger partial charge in [0, 0.05) is 31.6 Å². The first-order chi connectivity index (χ1) is 22.0. The van der Waals surface area contributed by atoms with Crippen LogP contribution in [0.2, 0.25) is 10.0 Å². The van der Waals surface area contributed by atoms with Crippen molar-refractivity contribution in [2.24, 2.45) is 0 Å². The van der Waals surface area contributed by atoms with E-state index in [-0.39, 0.29) is 29.9 Å². The molecule has 3 rings (SSSR count). The number of carbonyl (C=O) groups excluding carboxylic acids is 1. The van der Waals surface area contributed by atoms with Gasteiger partial charge in [-0.25, -0.2) is 4.57 Å². The monoisotopic (exact) mass is 780 g/mol. The molecule has 254 valence electrons. The van der Waals surface area contributed by atoms with Gasteiger partial charge >= 0.3 is 0 Å². The van der Waals surface area contributed by atoms with Crippen LogP contribution in [-0.4, -0.2) is 17.4 Å². The molecule has 4 nitrogen and oxygen atoms in total. The minimum atomic E-state index is -0.111. The number of carbonyl (C=O) groups is 1. The standard InChI is InChI=1S/C39H55Cl2N2O2.HI/c1-3-5-6-7-8-9-10-11-12-13-14-15-16-19-29-45-38-23-22-34(30-37(38)41)32-43(39(44)35-20-17-18-21-36(35)40)31-33-24-27-42(26-4-2)28-25-33;/h17-18,20-25,27-28,30H,3-16,19,26,29,31-32H2,1-2H3;1H/q+1;/p-1. The fourth-order valence-electron chi connectivity index (χ4n) is 5.68. The summed E-state index contributed by atoms with van der Waals surface area (Å²) in [5, 5.41) is 1.02. The van der Waals surface area contributed by atoms with Crippen LogP contribution in [0.15, 0.2) is 67.0 Å². The maximum atomic E-state index is 13.6. The molecule has 0 unspecified atom stereocenters. The molecule has 7 heteroatoms. The molecule has 1 aromatic heterocycles. The van der Waals surface area contributed by atoms with E-state index in [1.54, 1.807) is 12.1 Å². The van der Waals surface area contributed by atoms with Crippen molar-refractivity contribution in [2.75, 3.05) is 6.61 Å². The van der Waals surface area contributed by atoms with Crippen LogP contribution < -0.4 is 33.3 Å². The first kappa shape index (κ1) is 40.3. The largest absolute Gasteiger partial charge is 1.00 e. The molecule has 0 saturated heterocycles. The lowest BCUT2D eigenvalue weighted by atomic mass is 10.0. The van der Waals surface area contributed by atoms with Crippen molar-refractivity contribution in [3.05, 3.63) is 93.7 Å².